The molecule has 1 aromatic carbocycles. The second-order valence-electron chi connectivity index (χ2n) is 7.56. The van der Waals surface area contributed by atoms with Gasteiger partial charge in [-0.15, -0.1) is 0 Å². The summed E-state index contributed by atoms with van der Waals surface area (Å²) >= 11 is 0. The number of piperidine rings is 1. The first-order chi connectivity index (χ1) is 12.8. The van der Waals surface area contributed by atoms with Gasteiger partial charge in [-0.2, -0.15) is 0 Å². The number of likely N-dealkylation sites (tertiary alicyclic amines) is 1. The standard InChI is InChI=1S/C22H29N3O/c1-2-12-24-13-6-5-9-21(24)22(26)25-14-10-17(11-15-25)19-16-23-20-8-4-3-7-18(19)20/h3-4,7-8,10,16,21,23H,2,5-6,9,11-15H2,1H3. The third-order valence-corrected chi connectivity index (χ3v) is 5.87. The summed E-state index contributed by atoms with van der Waals surface area (Å²) in [5.74, 6) is 0.340. The molecule has 0 saturated carbocycles. The Balaban J connectivity index is 1.47. The van der Waals surface area contributed by atoms with Crippen LogP contribution in [0.15, 0.2) is 36.5 Å². The van der Waals surface area contributed by atoms with Crippen LogP contribution in [0.1, 0.15) is 44.6 Å². The summed E-state index contributed by atoms with van der Waals surface area (Å²) in [7, 11) is 0. The van der Waals surface area contributed by atoms with Gasteiger partial charge in [0.15, 0.2) is 0 Å². The zero-order valence-corrected chi connectivity index (χ0v) is 15.7. The van der Waals surface area contributed by atoms with E-state index in [4.69, 9.17) is 0 Å². The number of H-pyrrole nitrogens is 1. The maximum absolute atomic E-state index is 13.1. The van der Waals surface area contributed by atoms with Gasteiger partial charge in [0.25, 0.3) is 0 Å². The molecule has 1 fully saturated rings. The Hall–Kier alpha value is -2.07. The predicted molar refractivity (Wildman–Crippen MR) is 107 cm³/mol. The smallest absolute Gasteiger partial charge is 0.240 e. The molecule has 1 atom stereocenters. The number of carbonyl (C=O) groups excluding carboxylic acids is 1. The lowest BCUT2D eigenvalue weighted by atomic mass is 9.97. The molecule has 0 aliphatic carbocycles. The van der Waals surface area contributed by atoms with Crippen LogP contribution in [-0.2, 0) is 4.79 Å². The van der Waals surface area contributed by atoms with Crippen LogP contribution in [0, 0.1) is 0 Å². The van der Waals surface area contributed by atoms with Crippen LogP contribution in [0.5, 0.6) is 0 Å². The zero-order valence-electron chi connectivity index (χ0n) is 15.7. The first-order valence-corrected chi connectivity index (χ1v) is 10.1. The zero-order chi connectivity index (χ0) is 17.9. The first kappa shape index (κ1) is 17.3. The van der Waals surface area contributed by atoms with E-state index in [1.54, 1.807) is 0 Å². The molecule has 1 saturated heterocycles. The maximum Gasteiger partial charge on any atom is 0.240 e. The van der Waals surface area contributed by atoms with Crippen LogP contribution in [0.4, 0.5) is 0 Å². The SMILES string of the molecule is CCCN1CCCCC1C(=O)N1CC=C(c2c[nH]c3ccccc23)CC1. The van der Waals surface area contributed by atoms with E-state index >= 15 is 0 Å². The van der Waals surface area contributed by atoms with Crippen molar-refractivity contribution in [2.24, 2.45) is 0 Å². The summed E-state index contributed by atoms with van der Waals surface area (Å²) in [6, 6.07) is 8.54. The molecule has 0 bridgehead atoms. The molecule has 0 spiro atoms. The van der Waals surface area contributed by atoms with Gasteiger partial charge in [-0.1, -0.05) is 37.6 Å². The number of aromatic amines is 1. The van der Waals surface area contributed by atoms with Crippen LogP contribution in [0.3, 0.4) is 0 Å². The minimum absolute atomic E-state index is 0.103. The summed E-state index contributed by atoms with van der Waals surface area (Å²) in [5.41, 5.74) is 3.83. The van der Waals surface area contributed by atoms with Gasteiger partial charge >= 0.3 is 0 Å². The Labute approximate surface area is 155 Å². The number of rotatable bonds is 4. The number of nitrogens with zero attached hydrogens (tertiary/aromatic N) is 2. The van der Waals surface area contributed by atoms with Crippen molar-refractivity contribution in [2.45, 2.75) is 45.1 Å². The van der Waals surface area contributed by atoms with Crippen molar-refractivity contribution in [3.05, 3.63) is 42.1 Å². The molecule has 4 heteroatoms. The quantitative estimate of drug-likeness (QED) is 0.903. The van der Waals surface area contributed by atoms with Crippen LogP contribution in [0.25, 0.3) is 16.5 Å². The molecule has 2 aliphatic heterocycles. The molecular formula is C22H29N3O. The van der Waals surface area contributed by atoms with Crippen molar-refractivity contribution in [3.8, 4) is 0 Å². The summed E-state index contributed by atoms with van der Waals surface area (Å²) < 4.78 is 0. The van der Waals surface area contributed by atoms with Gasteiger partial charge in [-0.05, 0) is 50.4 Å². The van der Waals surface area contributed by atoms with Gasteiger partial charge in [-0.25, -0.2) is 0 Å². The molecule has 4 nitrogen and oxygen atoms in total. The first-order valence-electron chi connectivity index (χ1n) is 10.1. The Morgan fingerprint density at radius 1 is 1.23 bits per heavy atom. The van der Waals surface area contributed by atoms with Crippen molar-refractivity contribution >= 4 is 22.4 Å². The van der Waals surface area contributed by atoms with Crippen molar-refractivity contribution in [1.82, 2.24) is 14.8 Å². The number of hydrogen-bond acceptors (Lipinski definition) is 2. The van der Waals surface area contributed by atoms with E-state index in [1.807, 2.05) is 0 Å². The van der Waals surface area contributed by atoms with Crippen LogP contribution in [0.2, 0.25) is 0 Å². The Kier molecular flexibility index (Phi) is 5.11. The summed E-state index contributed by atoms with van der Waals surface area (Å²) in [6.07, 6.45) is 9.86. The Morgan fingerprint density at radius 3 is 2.92 bits per heavy atom. The largest absolute Gasteiger partial charge is 0.361 e. The molecular weight excluding hydrogens is 322 g/mol. The van der Waals surface area contributed by atoms with Crippen LogP contribution < -0.4 is 0 Å². The number of aromatic nitrogens is 1. The number of amides is 1. The third-order valence-electron chi connectivity index (χ3n) is 5.87. The van der Waals surface area contributed by atoms with Gasteiger partial charge in [0, 0.05) is 35.8 Å². The van der Waals surface area contributed by atoms with Gasteiger partial charge in [0.1, 0.15) is 0 Å². The maximum atomic E-state index is 13.1. The second-order valence-corrected chi connectivity index (χ2v) is 7.56. The molecule has 3 heterocycles. The van der Waals surface area contributed by atoms with Gasteiger partial charge in [0.05, 0.1) is 6.04 Å². The summed E-state index contributed by atoms with van der Waals surface area (Å²) in [5, 5.41) is 1.28. The number of benzene rings is 1. The molecule has 0 radical (unpaired) electrons. The topological polar surface area (TPSA) is 39.3 Å². The monoisotopic (exact) mass is 351 g/mol. The molecule has 26 heavy (non-hydrogen) atoms. The summed E-state index contributed by atoms with van der Waals surface area (Å²) in [6.45, 7) is 5.90. The van der Waals surface area contributed by atoms with Crippen molar-refractivity contribution in [1.29, 1.82) is 0 Å². The van der Waals surface area contributed by atoms with E-state index in [2.05, 4.69) is 58.2 Å². The average molecular weight is 351 g/mol. The van der Waals surface area contributed by atoms with E-state index in [9.17, 15) is 4.79 Å². The molecule has 1 unspecified atom stereocenters. The highest BCUT2D eigenvalue weighted by molar-refractivity contribution is 5.93. The van der Waals surface area contributed by atoms with E-state index < -0.39 is 0 Å². The van der Waals surface area contributed by atoms with E-state index in [0.29, 0.717) is 5.91 Å². The highest BCUT2D eigenvalue weighted by Gasteiger charge is 2.32. The number of para-hydroxylation sites is 1. The fourth-order valence-corrected chi connectivity index (χ4v) is 4.49. The fourth-order valence-electron chi connectivity index (χ4n) is 4.49. The van der Waals surface area contributed by atoms with Crippen molar-refractivity contribution < 1.29 is 4.79 Å². The number of nitrogens with one attached hydrogen (secondary N) is 1. The minimum atomic E-state index is 0.103. The van der Waals surface area contributed by atoms with Crippen molar-refractivity contribution in [2.75, 3.05) is 26.2 Å². The highest BCUT2D eigenvalue weighted by atomic mass is 16.2. The fraction of sp³-hybridized carbons (Fsp3) is 0.500. The molecule has 2 aliphatic rings. The second kappa shape index (κ2) is 7.67. The molecule has 2 aromatic rings. The predicted octanol–water partition coefficient (Wildman–Crippen LogP) is 4.05. The number of hydrogen-bond donors (Lipinski definition) is 1. The average Bonchev–Trinajstić information content (AvgIpc) is 3.12. The molecule has 1 amide bonds. The van der Waals surface area contributed by atoms with Crippen LogP contribution >= 0.6 is 0 Å². The van der Waals surface area contributed by atoms with Gasteiger partial charge < -0.3 is 9.88 Å². The van der Waals surface area contributed by atoms with Gasteiger partial charge in [-0.3, -0.25) is 9.69 Å². The highest BCUT2D eigenvalue weighted by Crippen LogP contribution is 2.30. The lowest BCUT2D eigenvalue weighted by molar-refractivity contribution is -0.137. The lowest BCUT2D eigenvalue weighted by Gasteiger charge is -2.38. The summed E-state index contributed by atoms with van der Waals surface area (Å²) in [4.78, 5) is 20.9. The Bertz CT molecular complexity index is 805. The molecule has 1 N–H and O–H groups in total. The normalized spacial score (nSPS) is 21.8. The van der Waals surface area contributed by atoms with E-state index in [0.717, 1.165) is 45.4 Å². The molecule has 4 rings (SSSR count). The Morgan fingerprint density at radius 2 is 2.12 bits per heavy atom. The number of carbonyl (C=O) groups is 1. The number of fused-ring (bicyclic) bond motifs is 1. The van der Waals surface area contributed by atoms with Gasteiger partial charge in [0.2, 0.25) is 5.91 Å². The van der Waals surface area contributed by atoms with E-state index in [-0.39, 0.29) is 6.04 Å². The molecule has 1 aromatic heterocycles. The lowest BCUT2D eigenvalue weighted by Crippen LogP contribution is -2.51. The van der Waals surface area contributed by atoms with Crippen molar-refractivity contribution in [3.63, 3.8) is 0 Å². The third kappa shape index (κ3) is 3.30. The van der Waals surface area contributed by atoms with E-state index in [1.165, 1.54) is 34.9 Å². The van der Waals surface area contributed by atoms with Crippen LogP contribution in [-0.4, -0.2) is 52.9 Å². The molecule has 138 valence electrons. The minimum Gasteiger partial charge on any atom is -0.361 e.